The van der Waals surface area contributed by atoms with Gasteiger partial charge in [0.05, 0.1) is 5.69 Å². The molecule has 2 aliphatic heterocycles. The summed E-state index contributed by atoms with van der Waals surface area (Å²) in [5, 5.41) is 0. The maximum absolute atomic E-state index is 4.77. The maximum Gasteiger partial charge on any atom is 0.0544 e. The molecule has 0 atom stereocenters. The van der Waals surface area contributed by atoms with Gasteiger partial charge >= 0.3 is 0 Å². The Balaban J connectivity index is 1.14. The molecule has 1 aliphatic carbocycles. The first-order valence-corrected chi connectivity index (χ1v) is 11.6. The minimum absolute atomic E-state index is 0.885. The van der Waals surface area contributed by atoms with Gasteiger partial charge in [0.1, 0.15) is 0 Å². The van der Waals surface area contributed by atoms with Crippen LogP contribution in [-0.4, -0.2) is 65.0 Å². The van der Waals surface area contributed by atoms with E-state index in [1.807, 2.05) is 0 Å². The van der Waals surface area contributed by atoms with Crippen molar-refractivity contribution in [3.8, 4) is 11.1 Å². The molecule has 2 saturated heterocycles. The molecule has 1 aromatic heterocycles. The second-order valence-corrected chi connectivity index (χ2v) is 9.12. The predicted octanol–water partition coefficient (Wildman–Crippen LogP) is 4.01. The molecule has 0 bridgehead atoms. The van der Waals surface area contributed by atoms with Crippen molar-refractivity contribution in [2.24, 2.45) is 0 Å². The van der Waals surface area contributed by atoms with Gasteiger partial charge in [-0.3, -0.25) is 19.7 Å². The van der Waals surface area contributed by atoms with E-state index in [1.165, 1.54) is 93.8 Å². The van der Waals surface area contributed by atoms with E-state index in [1.54, 1.807) is 0 Å². The average Bonchev–Trinajstić information content (AvgIpc) is 3.23. The Kier molecular flexibility index (Phi) is 5.93. The Bertz CT molecular complexity index is 767. The van der Waals surface area contributed by atoms with Gasteiger partial charge in [-0.1, -0.05) is 36.8 Å². The number of nitrogens with zero attached hydrogens (tertiary/aromatic N) is 4. The predicted molar refractivity (Wildman–Crippen MR) is 119 cm³/mol. The van der Waals surface area contributed by atoms with E-state index in [-0.39, 0.29) is 0 Å². The quantitative estimate of drug-likeness (QED) is 0.743. The summed E-state index contributed by atoms with van der Waals surface area (Å²) in [5.74, 6) is 0. The maximum atomic E-state index is 4.77. The summed E-state index contributed by atoms with van der Waals surface area (Å²) in [6.45, 7) is 9.39. The first-order valence-electron chi connectivity index (χ1n) is 11.6. The van der Waals surface area contributed by atoms with Crippen LogP contribution >= 0.6 is 0 Å². The smallest absolute Gasteiger partial charge is 0.0544 e. The summed E-state index contributed by atoms with van der Waals surface area (Å²) >= 11 is 0. The van der Waals surface area contributed by atoms with Crippen molar-refractivity contribution < 1.29 is 0 Å². The number of benzene rings is 1. The number of piperazine rings is 1. The van der Waals surface area contributed by atoms with Gasteiger partial charge in [0.2, 0.25) is 0 Å². The largest absolute Gasteiger partial charge is 0.299 e. The first kappa shape index (κ1) is 19.2. The first-order chi connectivity index (χ1) is 14.3. The molecular formula is C25H34N4. The highest BCUT2D eigenvalue weighted by atomic mass is 15.3. The van der Waals surface area contributed by atoms with Crippen LogP contribution in [0.3, 0.4) is 0 Å². The molecule has 3 aliphatic rings. The lowest BCUT2D eigenvalue weighted by Crippen LogP contribution is -2.51. The Morgan fingerprint density at radius 1 is 0.690 bits per heavy atom. The molecule has 1 aromatic carbocycles. The molecule has 4 heteroatoms. The molecule has 2 aromatic rings. The van der Waals surface area contributed by atoms with Crippen LogP contribution in [0.4, 0.5) is 0 Å². The fourth-order valence-corrected chi connectivity index (χ4v) is 4.96. The molecule has 0 amide bonds. The van der Waals surface area contributed by atoms with Crippen molar-refractivity contribution in [1.82, 2.24) is 19.7 Å². The van der Waals surface area contributed by atoms with Crippen molar-refractivity contribution in [2.75, 3.05) is 39.3 Å². The molecule has 3 heterocycles. The standard InChI is InChI=1S/C25H34N4/c1-2-13-27(12-1)19-21-6-8-22(9-7-21)23-10-11-24(26-18-23)20-28-14-16-29(17-15-28)25-4-3-5-25/h6-11,18,25H,1-5,12-17,19-20H2. The molecule has 3 fully saturated rings. The summed E-state index contributed by atoms with van der Waals surface area (Å²) in [5.41, 5.74) is 5.09. The molecule has 0 N–H and O–H groups in total. The summed E-state index contributed by atoms with van der Waals surface area (Å²) in [4.78, 5) is 12.6. The third kappa shape index (κ3) is 4.71. The molecule has 0 radical (unpaired) electrons. The number of likely N-dealkylation sites (tertiary alicyclic amines) is 1. The van der Waals surface area contributed by atoms with Gasteiger partial charge in [-0.05, 0) is 56.0 Å². The van der Waals surface area contributed by atoms with Crippen molar-refractivity contribution in [3.63, 3.8) is 0 Å². The van der Waals surface area contributed by atoms with Gasteiger partial charge < -0.3 is 0 Å². The van der Waals surface area contributed by atoms with Crippen LogP contribution in [0.1, 0.15) is 43.4 Å². The second kappa shape index (κ2) is 8.95. The molecule has 154 valence electrons. The van der Waals surface area contributed by atoms with Crippen LogP contribution in [0.5, 0.6) is 0 Å². The van der Waals surface area contributed by atoms with Crippen LogP contribution < -0.4 is 0 Å². The van der Waals surface area contributed by atoms with E-state index in [4.69, 9.17) is 4.98 Å². The van der Waals surface area contributed by atoms with Crippen LogP contribution in [-0.2, 0) is 13.1 Å². The Morgan fingerprint density at radius 2 is 1.38 bits per heavy atom. The lowest BCUT2D eigenvalue weighted by atomic mass is 9.91. The van der Waals surface area contributed by atoms with E-state index in [0.29, 0.717) is 0 Å². The number of hydrogen-bond acceptors (Lipinski definition) is 4. The minimum atomic E-state index is 0.885. The van der Waals surface area contributed by atoms with Gasteiger partial charge in [0.15, 0.2) is 0 Å². The van der Waals surface area contributed by atoms with Crippen LogP contribution in [0.15, 0.2) is 42.6 Å². The Hall–Kier alpha value is -1.75. The normalized spacial score (nSPS) is 22.1. The monoisotopic (exact) mass is 390 g/mol. The third-order valence-electron chi connectivity index (χ3n) is 7.10. The Morgan fingerprint density at radius 3 is 2.00 bits per heavy atom. The zero-order valence-corrected chi connectivity index (χ0v) is 17.6. The highest BCUT2D eigenvalue weighted by Gasteiger charge is 2.27. The number of aromatic nitrogens is 1. The van der Waals surface area contributed by atoms with Crippen molar-refractivity contribution in [1.29, 1.82) is 0 Å². The number of rotatable bonds is 6. The molecule has 29 heavy (non-hydrogen) atoms. The topological polar surface area (TPSA) is 22.6 Å². The lowest BCUT2D eigenvalue weighted by molar-refractivity contribution is 0.0583. The minimum Gasteiger partial charge on any atom is -0.299 e. The van der Waals surface area contributed by atoms with Crippen LogP contribution in [0.2, 0.25) is 0 Å². The highest BCUT2D eigenvalue weighted by molar-refractivity contribution is 5.62. The van der Waals surface area contributed by atoms with Crippen LogP contribution in [0.25, 0.3) is 11.1 Å². The summed E-state index contributed by atoms with van der Waals surface area (Å²) in [6.07, 6.45) is 9.03. The second-order valence-electron chi connectivity index (χ2n) is 9.12. The van der Waals surface area contributed by atoms with E-state index in [9.17, 15) is 0 Å². The van der Waals surface area contributed by atoms with E-state index in [0.717, 1.165) is 19.1 Å². The molecule has 1 saturated carbocycles. The lowest BCUT2D eigenvalue weighted by Gasteiger charge is -2.42. The number of hydrogen-bond donors (Lipinski definition) is 0. The third-order valence-corrected chi connectivity index (χ3v) is 7.10. The van der Waals surface area contributed by atoms with Gasteiger partial charge in [-0.2, -0.15) is 0 Å². The Labute approximate surface area is 175 Å². The fraction of sp³-hybridized carbons (Fsp3) is 0.560. The van der Waals surface area contributed by atoms with Crippen molar-refractivity contribution in [2.45, 2.75) is 51.2 Å². The van der Waals surface area contributed by atoms with E-state index >= 15 is 0 Å². The zero-order chi connectivity index (χ0) is 19.5. The number of pyridine rings is 1. The highest BCUT2D eigenvalue weighted by Crippen LogP contribution is 2.26. The van der Waals surface area contributed by atoms with E-state index < -0.39 is 0 Å². The van der Waals surface area contributed by atoms with Gasteiger partial charge in [0.25, 0.3) is 0 Å². The SMILES string of the molecule is c1cc(-c2ccc(CN3CCN(C4CCC4)CC3)nc2)ccc1CN1CCCC1. The van der Waals surface area contributed by atoms with Gasteiger partial charge in [0, 0.05) is 57.1 Å². The van der Waals surface area contributed by atoms with E-state index in [2.05, 4.69) is 57.3 Å². The summed E-state index contributed by atoms with van der Waals surface area (Å²) < 4.78 is 0. The molecular weight excluding hydrogens is 356 g/mol. The molecule has 0 spiro atoms. The van der Waals surface area contributed by atoms with Crippen molar-refractivity contribution >= 4 is 0 Å². The van der Waals surface area contributed by atoms with Gasteiger partial charge in [-0.15, -0.1) is 0 Å². The fourth-order valence-electron chi connectivity index (χ4n) is 4.96. The summed E-state index contributed by atoms with van der Waals surface area (Å²) in [6, 6.07) is 14.4. The van der Waals surface area contributed by atoms with Crippen molar-refractivity contribution in [3.05, 3.63) is 53.9 Å². The zero-order valence-electron chi connectivity index (χ0n) is 17.6. The average molecular weight is 391 g/mol. The van der Waals surface area contributed by atoms with Gasteiger partial charge in [-0.25, -0.2) is 0 Å². The summed E-state index contributed by atoms with van der Waals surface area (Å²) in [7, 11) is 0. The molecule has 4 nitrogen and oxygen atoms in total. The molecule has 5 rings (SSSR count). The van der Waals surface area contributed by atoms with Crippen LogP contribution in [0, 0.1) is 0 Å². The molecule has 0 unspecified atom stereocenters.